The van der Waals surface area contributed by atoms with Gasteiger partial charge in [0.1, 0.15) is 0 Å². The lowest BCUT2D eigenvalue weighted by Gasteiger charge is -2.16. The van der Waals surface area contributed by atoms with E-state index in [4.69, 9.17) is 5.73 Å². The van der Waals surface area contributed by atoms with Gasteiger partial charge in [-0.1, -0.05) is 11.9 Å². The van der Waals surface area contributed by atoms with Crippen molar-refractivity contribution in [3.8, 4) is 0 Å². The van der Waals surface area contributed by atoms with Crippen LogP contribution in [0, 0.1) is 5.92 Å². The van der Waals surface area contributed by atoms with Crippen LogP contribution in [0.25, 0.3) is 0 Å². The Morgan fingerprint density at radius 2 is 2.42 bits per heavy atom. The van der Waals surface area contributed by atoms with Crippen molar-refractivity contribution in [1.82, 2.24) is 4.72 Å². The third-order valence-electron chi connectivity index (χ3n) is 2.35. The van der Waals surface area contributed by atoms with Gasteiger partial charge in [0.25, 0.3) is 0 Å². The van der Waals surface area contributed by atoms with Gasteiger partial charge < -0.3 is 10.5 Å². The van der Waals surface area contributed by atoms with Crippen molar-refractivity contribution in [2.45, 2.75) is 31.7 Å². The molecule has 1 saturated carbocycles. The molecule has 1 aliphatic rings. The van der Waals surface area contributed by atoms with Gasteiger partial charge in [0.05, 0.1) is 0 Å². The first-order chi connectivity index (χ1) is 5.55. The van der Waals surface area contributed by atoms with Crippen molar-refractivity contribution in [3.05, 3.63) is 0 Å². The Morgan fingerprint density at radius 3 is 2.83 bits per heavy atom. The van der Waals surface area contributed by atoms with Crippen LogP contribution in [0.4, 0.5) is 0 Å². The molecule has 1 rings (SSSR count). The summed E-state index contributed by atoms with van der Waals surface area (Å²) in [6.45, 7) is 2.01. The van der Waals surface area contributed by atoms with Crippen LogP contribution in [-0.2, 0) is 4.79 Å². The van der Waals surface area contributed by atoms with Crippen LogP contribution in [-0.4, -0.2) is 17.7 Å². The summed E-state index contributed by atoms with van der Waals surface area (Å²) in [7, 11) is 0. The van der Waals surface area contributed by atoms with Gasteiger partial charge in [-0.15, -0.1) is 0 Å². The Labute approximate surface area is 77.6 Å². The third kappa shape index (κ3) is 2.38. The zero-order valence-electron chi connectivity index (χ0n) is 7.59. The van der Waals surface area contributed by atoms with Gasteiger partial charge in [-0.05, 0) is 26.2 Å². The maximum absolute atomic E-state index is 11.3. The number of nitrogens with one attached hydrogen (secondary N) is 1. The summed E-state index contributed by atoms with van der Waals surface area (Å²) in [5.74, 6) is 0.268. The number of nitrogens with two attached hydrogens (primary N) is 1. The number of rotatable bonds is 2. The van der Waals surface area contributed by atoms with E-state index in [0.29, 0.717) is 0 Å². The number of carbonyl (C=O) groups excluding carboxylic acids is 1. The minimum absolute atomic E-state index is 0.125. The number of amides is 1. The van der Waals surface area contributed by atoms with Crippen LogP contribution in [0.2, 0.25) is 0 Å². The molecular weight excluding hydrogens is 172 g/mol. The summed E-state index contributed by atoms with van der Waals surface area (Å²) in [5.41, 5.74) is 5.79. The molecule has 3 nitrogen and oxygen atoms in total. The zero-order valence-corrected chi connectivity index (χ0v) is 8.41. The highest BCUT2D eigenvalue weighted by atomic mass is 32.2. The molecule has 1 amide bonds. The number of hydrogen-bond donors (Lipinski definition) is 2. The van der Waals surface area contributed by atoms with Crippen LogP contribution in [0.15, 0.2) is 0 Å². The minimum atomic E-state index is -0.125. The molecule has 0 radical (unpaired) electrons. The average molecular weight is 188 g/mol. The molecule has 0 heterocycles. The van der Waals surface area contributed by atoms with Crippen molar-refractivity contribution in [2.24, 2.45) is 11.7 Å². The quantitative estimate of drug-likeness (QED) is 0.633. The fraction of sp³-hybridized carbons (Fsp3) is 0.875. The average Bonchev–Trinajstić information content (AvgIpc) is 2.31. The zero-order chi connectivity index (χ0) is 9.19. The molecule has 2 atom stereocenters. The first-order valence-corrected chi connectivity index (χ1v) is 5.39. The second kappa shape index (κ2) is 3.66. The molecule has 0 bridgehead atoms. The first-order valence-electron chi connectivity index (χ1n) is 4.17. The van der Waals surface area contributed by atoms with E-state index in [0.717, 1.165) is 19.3 Å². The van der Waals surface area contributed by atoms with Crippen LogP contribution in [0.5, 0.6) is 0 Å². The molecule has 0 aromatic heterocycles. The molecule has 4 heteroatoms. The van der Waals surface area contributed by atoms with E-state index in [2.05, 4.69) is 4.72 Å². The molecular formula is C8H16N2OS. The van der Waals surface area contributed by atoms with Crippen molar-refractivity contribution in [1.29, 1.82) is 0 Å². The Bertz CT molecular complexity index is 182. The third-order valence-corrected chi connectivity index (χ3v) is 2.76. The van der Waals surface area contributed by atoms with Gasteiger partial charge >= 0.3 is 0 Å². The highest BCUT2D eigenvalue weighted by molar-refractivity contribution is 7.97. The van der Waals surface area contributed by atoms with Crippen molar-refractivity contribution in [3.63, 3.8) is 0 Å². The highest BCUT2D eigenvalue weighted by Crippen LogP contribution is 2.32. The van der Waals surface area contributed by atoms with E-state index in [1.165, 1.54) is 11.9 Å². The SMILES string of the molecule is CSNC(=O)C1CCC(C)(N)C1. The normalized spacial score (nSPS) is 35.1. The molecule has 0 saturated heterocycles. The van der Waals surface area contributed by atoms with Gasteiger partial charge in [-0.2, -0.15) is 0 Å². The van der Waals surface area contributed by atoms with E-state index in [-0.39, 0.29) is 17.4 Å². The molecule has 0 spiro atoms. The van der Waals surface area contributed by atoms with Crippen LogP contribution in [0.1, 0.15) is 26.2 Å². The Kier molecular flexibility index (Phi) is 3.01. The standard InChI is InChI=1S/C8H16N2OS/c1-8(9)4-3-6(5-8)7(11)10-12-2/h6H,3-5,9H2,1-2H3,(H,10,11). The van der Waals surface area contributed by atoms with Crippen LogP contribution < -0.4 is 10.5 Å². The summed E-state index contributed by atoms with van der Waals surface area (Å²) in [6, 6.07) is 0. The Balaban J connectivity index is 2.41. The lowest BCUT2D eigenvalue weighted by atomic mass is 10.00. The number of hydrogen-bond acceptors (Lipinski definition) is 3. The number of carbonyl (C=O) groups is 1. The summed E-state index contributed by atoms with van der Waals surface area (Å²) in [4.78, 5) is 11.3. The lowest BCUT2D eigenvalue weighted by molar-refractivity contribution is -0.122. The molecule has 0 aliphatic heterocycles. The maximum Gasteiger partial charge on any atom is 0.232 e. The van der Waals surface area contributed by atoms with Gasteiger partial charge in [0, 0.05) is 17.7 Å². The molecule has 0 aromatic rings. The van der Waals surface area contributed by atoms with E-state index < -0.39 is 0 Å². The maximum atomic E-state index is 11.3. The van der Waals surface area contributed by atoms with Crippen LogP contribution in [0.3, 0.4) is 0 Å². The molecule has 0 aromatic carbocycles. The molecule has 3 N–H and O–H groups in total. The largest absolute Gasteiger partial charge is 0.325 e. The molecule has 2 unspecified atom stereocenters. The van der Waals surface area contributed by atoms with E-state index in [9.17, 15) is 4.79 Å². The van der Waals surface area contributed by atoms with Crippen molar-refractivity contribution < 1.29 is 4.79 Å². The first kappa shape index (κ1) is 9.86. The Morgan fingerprint density at radius 1 is 1.75 bits per heavy atom. The van der Waals surface area contributed by atoms with Gasteiger partial charge in [0.2, 0.25) is 5.91 Å². The Hall–Kier alpha value is -0.220. The van der Waals surface area contributed by atoms with Gasteiger partial charge in [-0.3, -0.25) is 4.79 Å². The highest BCUT2D eigenvalue weighted by Gasteiger charge is 2.35. The smallest absolute Gasteiger partial charge is 0.232 e. The van der Waals surface area contributed by atoms with Crippen molar-refractivity contribution in [2.75, 3.05) is 6.26 Å². The molecule has 70 valence electrons. The molecule has 12 heavy (non-hydrogen) atoms. The summed E-state index contributed by atoms with van der Waals surface area (Å²) < 4.78 is 2.75. The summed E-state index contributed by atoms with van der Waals surface area (Å²) in [5, 5.41) is 0. The lowest BCUT2D eigenvalue weighted by Crippen LogP contribution is -2.34. The monoisotopic (exact) mass is 188 g/mol. The minimum Gasteiger partial charge on any atom is -0.325 e. The van der Waals surface area contributed by atoms with Gasteiger partial charge in [0.15, 0.2) is 0 Å². The molecule has 1 fully saturated rings. The molecule has 1 aliphatic carbocycles. The fourth-order valence-corrected chi connectivity index (χ4v) is 2.05. The fourth-order valence-electron chi connectivity index (χ4n) is 1.68. The van der Waals surface area contributed by atoms with E-state index in [1.54, 1.807) is 0 Å². The topological polar surface area (TPSA) is 55.1 Å². The summed E-state index contributed by atoms with van der Waals surface area (Å²) in [6.07, 6.45) is 4.56. The second-order valence-corrected chi connectivity index (χ2v) is 4.38. The van der Waals surface area contributed by atoms with E-state index in [1.807, 2.05) is 13.2 Å². The van der Waals surface area contributed by atoms with E-state index >= 15 is 0 Å². The van der Waals surface area contributed by atoms with Crippen LogP contribution >= 0.6 is 11.9 Å². The van der Waals surface area contributed by atoms with Crippen molar-refractivity contribution >= 4 is 17.9 Å². The summed E-state index contributed by atoms with van der Waals surface area (Å²) >= 11 is 1.36. The predicted molar refractivity (Wildman–Crippen MR) is 51.6 cm³/mol. The van der Waals surface area contributed by atoms with Gasteiger partial charge in [-0.25, -0.2) is 0 Å². The predicted octanol–water partition coefficient (Wildman–Crippen LogP) is 0.898. The second-order valence-electron chi connectivity index (χ2n) is 3.76.